The molecule has 1 heterocycles. The first kappa shape index (κ1) is 12.4. The van der Waals surface area contributed by atoms with E-state index < -0.39 is 6.09 Å². The molecule has 0 spiro atoms. The van der Waals surface area contributed by atoms with Gasteiger partial charge in [0, 0.05) is 35.8 Å². The summed E-state index contributed by atoms with van der Waals surface area (Å²) in [5.74, 6) is 0. The number of ether oxygens (including phenoxy) is 1. The van der Waals surface area contributed by atoms with Crippen molar-refractivity contribution in [3.05, 3.63) is 36.0 Å². The Hall–Kier alpha value is -2.01. The van der Waals surface area contributed by atoms with Crippen LogP contribution in [0.2, 0.25) is 0 Å². The molecule has 0 atom stereocenters. The molecule has 5 heteroatoms. The molecule has 96 valence electrons. The summed E-state index contributed by atoms with van der Waals surface area (Å²) in [6.45, 7) is 1.56. The minimum atomic E-state index is -0.393. The topological polar surface area (TPSA) is 66.2 Å². The maximum absolute atomic E-state index is 11.4. The SMILES string of the molecule is CNCCNC(=O)OCc1c[nH]c2ccccc12. The molecule has 0 unspecified atom stereocenters. The van der Waals surface area contributed by atoms with E-state index in [9.17, 15) is 4.79 Å². The van der Waals surface area contributed by atoms with Gasteiger partial charge >= 0.3 is 6.09 Å². The van der Waals surface area contributed by atoms with Crippen LogP contribution in [0.25, 0.3) is 10.9 Å². The zero-order chi connectivity index (χ0) is 12.8. The minimum Gasteiger partial charge on any atom is -0.445 e. The molecule has 2 aromatic rings. The largest absolute Gasteiger partial charge is 0.445 e. The first-order valence-electron chi connectivity index (χ1n) is 5.91. The Morgan fingerprint density at radius 3 is 3.00 bits per heavy atom. The van der Waals surface area contributed by atoms with Crippen molar-refractivity contribution in [2.24, 2.45) is 0 Å². The lowest BCUT2D eigenvalue weighted by atomic mass is 10.2. The van der Waals surface area contributed by atoms with Crippen molar-refractivity contribution < 1.29 is 9.53 Å². The molecule has 0 aliphatic heterocycles. The van der Waals surface area contributed by atoms with Crippen LogP contribution in [0.5, 0.6) is 0 Å². The summed E-state index contributed by atoms with van der Waals surface area (Å²) in [4.78, 5) is 14.5. The van der Waals surface area contributed by atoms with Crippen LogP contribution < -0.4 is 10.6 Å². The van der Waals surface area contributed by atoms with Gasteiger partial charge in [0.05, 0.1) is 0 Å². The predicted octanol–water partition coefficient (Wildman–Crippen LogP) is 1.61. The fourth-order valence-corrected chi connectivity index (χ4v) is 1.73. The summed E-state index contributed by atoms with van der Waals surface area (Å²) < 4.78 is 5.14. The van der Waals surface area contributed by atoms with Crippen molar-refractivity contribution in [3.63, 3.8) is 0 Å². The third kappa shape index (κ3) is 3.01. The van der Waals surface area contributed by atoms with Gasteiger partial charge in [0.2, 0.25) is 0 Å². The van der Waals surface area contributed by atoms with Crippen LogP contribution in [-0.4, -0.2) is 31.2 Å². The number of fused-ring (bicyclic) bond motifs is 1. The monoisotopic (exact) mass is 247 g/mol. The lowest BCUT2D eigenvalue weighted by Crippen LogP contribution is -2.30. The maximum Gasteiger partial charge on any atom is 0.407 e. The number of likely N-dealkylation sites (N-methyl/N-ethyl adjacent to an activating group) is 1. The number of carbonyl (C=O) groups excluding carboxylic acids is 1. The highest BCUT2D eigenvalue weighted by molar-refractivity contribution is 5.83. The third-order valence-corrected chi connectivity index (χ3v) is 2.68. The highest BCUT2D eigenvalue weighted by Gasteiger charge is 2.06. The van der Waals surface area contributed by atoms with Gasteiger partial charge in [-0.05, 0) is 13.1 Å². The van der Waals surface area contributed by atoms with E-state index >= 15 is 0 Å². The van der Waals surface area contributed by atoms with Crippen LogP contribution in [0.1, 0.15) is 5.56 Å². The van der Waals surface area contributed by atoms with Crippen molar-refractivity contribution in [1.82, 2.24) is 15.6 Å². The van der Waals surface area contributed by atoms with Crippen LogP contribution >= 0.6 is 0 Å². The summed E-state index contributed by atoms with van der Waals surface area (Å²) in [5, 5.41) is 6.69. The molecule has 2 rings (SSSR count). The smallest absolute Gasteiger partial charge is 0.407 e. The van der Waals surface area contributed by atoms with E-state index in [-0.39, 0.29) is 6.61 Å². The highest BCUT2D eigenvalue weighted by atomic mass is 16.5. The molecule has 1 aromatic carbocycles. The minimum absolute atomic E-state index is 0.273. The second kappa shape index (κ2) is 6.07. The second-order valence-electron chi connectivity index (χ2n) is 3.97. The Bertz CT molecular complexity index is 522. The van der Waals surface area contributed by atoms with Gasteiger partial charge < -0.3 is 20.4 Å². The number of hydrogen-bond acceptors (Lipinski definition) is 3. The normalized spacial score (nSPS) is 10.5. The third-order valence-electron chi connectivity index (χ3n) is 2.68. The Balaban J connectivity index is 1.88. The van der Waals surface area contributed by atoms with Crippen LogP contribution in [0.15, 0.2) is 30.5 Å². The summed E-state index contributed by atoms with van der Waals surface area (Å²) in [7, 11) is 1.83. The molecule has 5 nitrogen and oxygen atoms in total. The molecule has 0 saturated heterocycles. The number of aromatic nitrogens is 1. The number of nitrogens with one attached hydrogen (secondary N) is 3. The molecule has 1 amide bonds. The van der Waals surface area contributed by atoms with E-state index in [4.69, 9.17) is 4.74 Å². The van der Waals surface area contributed by atoms with Crippen molar-refractivity contribution >= 4 is 17.0 Å². The number of H-pyrrole nitrogens is 1. The number of amides is 1. The molecule has 1 aromatic heterocycles. The molecule has 0 bridgehead atoms. The molecule has 0 radical (unpaired) electrons. The summed E-state index contributed by atoms with van der Waals surface area (Å²) >= 11 is 0. The number of aromatic amines is 1. The zero-order valence-electron chi connectivity index (χ0n) is 10.3. The first-order valence-corrected chi connectivity index (χ1v) is 5.91. The lowest BCUT2D eigenvalue weighted by Gasteiger charge is -2.06. The van der Waals surface area contributed by atoms with Gasteiger partial charge in [0.1, 0.15) is 6.61 Å². The Morgan fingerprint density at radius 1 is 1.33 bits per heavy atom. The standard InChI is InChI=1S/C13H17N3O2/c1-14-6-7-15-13(17)18-9-10-8-16-12-5-3-2-4-11(10)12/h2-5,8,14,16H,6-7,9H2,1H3,(H,15,17). The van der Waals surface area contributed by atoms with E-state index in [1.165, 1.54) is 0 Å². The van der Waals surface area contributed by atoms with Crippen LogP contribution in [0, 0.1) is 0 Å². The van der Waals surface area contributed by atoms with Gasteiger partial charge in [-0.1, -0.05) is 18.2 Å². The highest BCUT2D eigenvalue weighted by Crippen LogP contribution is 2.18. The van der Waals surface area contributed by atoms with E-state index in [2.05, 4.69) is 15.6 Å². The van der Waals surface area contributed by atoms with Crippen LogP contribution in [0.3, 0.4) is 0 Å². The van der Waals surface area contributed by atoms with Gasteiger partial charge in [-0.3, -0.25) is 0 Å². The number of benzene rings is 1. The van der Waals surface area contributed by atoms with Gasteiger partial charge in [0.25, 0.3) is 0 Å². The molecular formula is C13H17N3O2. The summed E-state index contributed by atoms with van der Waals surface area (Å²) in [5.41, 5.74) is 2.03. The fourth-order valence-electron chi connectivity index (χ4n) is 1.73. The molecule has 0 fully saturated rings. The molecule has 3 N–H and O–H groups in total. The van der Waals surface area contributed by atoms with Crippen molar-refractivity contribution in [1.29, 1.82) is 0 Å². The fraction of sp³-hybridized carbons (Fsp3) is 0.308. The quantitative estimate of drug-likeness (QED) is 0.703. The Morgan fingerprint density at radius 2 is 2.17 bits per heavy atom. The zero-order valence-corrected chi connectivity index (χ0v) is 10.3. The maximum atomic E-state index is 11.4. The number of para-hydroxylation sites is 1. The Labute approximate surface area is 106 Å². The number of rotatable bonds is 5. The van der Waals surface area contributed by atoms with Gasteiger partial charge in [0.15, 0.2) is 0 Å². The summed E-state index contributed by atoms with van der Waals surface area (Å²) in [6, 6.07) is 7.93. The average Bonchev–Trinajstić information content (AvgIpc) is 2.80. The van der Waals surface area contributed by atoms with Crippen molar-refractivity contribution in [3.8, 4) is 0 Å². The lowest BCUT2D eigenvalue weighted by molar-refractivity contribution is 0.140. The van der Waals surface area contributed by atoms with Gasteiger partial charge in [-0.2, -0.15) is 0 Å². The summed E-state index contributed by atoms with van der Waals surface area (Å²) in [6.07, 6.45) is 1.47. The number of alkyl carbamates (subject to hydrolysis) is 1. The Kier molecular flexibility index (Phi) is 4.20. The predicted molar refractivity (Wildman–Crippen MR) is 70.4 cm³/mol. The van der Waals surface area contributed by atoms with Crippen molar-refractivity contribution in [2.45, 2.75) is 6.61 Å². The molecular weight excluding hydrogens is 230 g/mol. The van der Waals surface area contributed by atoms with Crippen LogP contribution in [-0.2, 0) is 11.3 Å². The first-order chi connectivity index (χ1) is 8.81. The molecule has 0 saturated carbocycles. The molecule has 18 heavy (non-hydrogen) atoms. The number of hydrogen-bond donors (Lipinski definition) is 3. The van der Waals surface area contributed by atoms with Gasteiger partial charge in [-0.25, -0.2) is 4.79 Å². The molecule has 0 aliphatic carbocycles. The van der Waals surface area contributed by atoms with Crippen LogP contribution in [0.4, 0.5) is 4.79 Å². The average molecular weight is 247 g/mol. The van der Waals surface area contributed by atoms with Gasteiger partial charge in [-0.15, -0.1) is 0 Å². The molecule has 0 aliphatic rings. The number of carbonyl (C=O) groups is 1. The van der Waals surface area contributed by atoms with E-state index in [1.807, 2.05) is 37.5 Å². The van der Waals surface area contributed by atoms with E-state index in [0.29, 0.717) is 6.54 Å². The van der Waals surface area contributed by atoms with E-state index in [1.54, 1.807) is 0 Å². The van der Waals surface area contributed by atoms with E-state index in [0.717, 1.165) is 23.0 Å². The second-order valence-corrected chi connectivity index (χ2v) is 3.97. The van der Waals surface area contributed by atoms with Crippen molar-refractivity contribution in [2.75, 3.05) is 20.1 Å².